The minimum absolute atomic E-state index is 0.212. The molecule has 2 aromatic carbocycles. The highest BCUT2D eigenvalue weighted by molar-refractivity contribution is 5.67. The fraction of sp³-hybridized carbons (Fsp3) is 0.381. The Morgan fingerprint density at radius 1 is 0.889 bits per heavy atom. The zero-order chi connectivity index (χ0) is 20.4. The van der Waals surface area contributed by atoms with Crippen LogP contribution in [0.1, 0.15) is 23.1 Å². The lowest BCUT2D eigenvalue weighted by molar-refractivity contribution is -0.136. The van der Waals surface area contributed by atoms with Crippen molar-refractivity contribution in [1.29, 1.82) is 0 Å². The van der Waals surface area contributed by atoms with E-state index >= 15 is 0 Å². The Hall–Kier alpha value is -2.89. The first-order valence-electron chi connectivity index (χ1n) is 8.48. The third-order valence-electron chi connectivity index (χ3n) is 3.88. The van der Waals surface area contributed by atoms with Crippen molar-refractivity contribution in [2.45, 2.75) is 26.7 Å². The number of aryl methyl sites for hydroxylation is 3. The smallest absolute Gasteiger partial charge is 0.303 e. The summed E-state index contributed by atoms with van der Waals surface area (Å²) in [5.41, 5.74) is 3.21. The number of hydrogen-bond donors (Lipinski definition) is 1. The zero-order valence-corrected chi connectivity index (χ0v) is 16.8. The first-order valence-corrected chi connectivity index (χ1v) is 8.48. The van der Waals surface area contributed by atoms with Crippen LogP contribution in [0, 0.1) is 13.8 Å². The summed E-state index contributed by atoms with van der Waals surface area (Å²) in [5.74, 6) is 1.65. The van der Waals surface area contributed by atoms with Crippen LogP contribution in [-0.4, -0.2) is 39.5 Å². The van der Waals surface area contributed by atoms with Crippen LogP contribution >= 0.6 is 0 Å². The van der Waals surface area contributed by atoms with Crippen LogP contribution < -0.4 is 18.9 Å². The quantitative estimate of drug-likeness (QED) is 0.786. The van der Waals surface area contributed by atoms with Crippen molar-refractivity contribution >= 4 is 5.97 Å². The topological polar surface area (TPSA) is 74.2 Å². The van der Waals surface area contributed by atoms with Gasteiger partial charge in [0.1, 0.15) is 0 Å². The summed E-state index contributed by atoms with van der Waals surface area (Å²) in [7, 11) is 6.31. The molecule has 0 heterocycles. The maximum absolute atomic E-state index is 10.3. The van der Waals surface area contributed by atoms with Crippen LogP contribution in [0.25, 0.3) is 0 Å². The van der Waals surface area contributed by atoms with Crippen molar-refractivity contribution in [3.05, 3.63) is 47.0 Å². The minimum Gasteiger partial charge on any atom is -0.493 e. The molecule has 0 aliphatic rings. The van der Waals surface area contributed by atoms with Gasteiger partial charge in [-0.2, -0.15) is 0 Å². The second-order valence-electron chi connectivity index (χ2n) is 5.88. The van der Waals surface area contributed by atoms with Gasteiger partial charge in [-0.1, -0.05) is 29.8 Å². The van der Waals surface area contributed by atoms with Crippen LogP contribution in [0.5, 0.6) is 23.0 Å². The normalized spacial score (nSPS) is 9.70. The predicted octanol–water partition coefficient (Wildman–Crippen LogP) is 4.04. The molecule has 0 aromatic heterocycles. The molecule has 0 atom stereocenters. The number of carboxylic acids is 1. The Morgan fingerprint density at radius 2 is 1.52 bits per heavy atom. The highest BCUT2D eigenvalue weighted by Gasteiger charge is 2.19. The van der Waals surface area contributed by atoms with E-state index in [9.17, 15) is 4.79 Å². The lowest BCUT2D eigenvalue weighted by atomic mass is 10.1. The summed E-state index contributed by atoms with van der Waals surface area (Å²) < 4.78 is 20.9. The summed E-state index contributed by atoms with van der Waals surface area (Å²) in [4.78, 5) is 10.3. The molecule has 0 aliphatic carbocycles. The van der Waals surface area contributed by atoms with E-state index in [0.29, 0.717) is 29.4 Å². The Balaban J connectivity index is 0.000000277. The molecular formula is C21H28O6. The highest BCUT2D eigenvalue weighted by atomic mass is 16.5. The number of rotatable bonds is 7. The molecule has 0 bridgehead atoms. The molecule has 148 valence electrons. The van der Waals surface area contributed by atoms with Gasteiger partial charge in [0.25, 0.3) is 0 Å². The average molecular weight is 376 g/mol. The fourth-order valence-corrected chi connectivity index (χ4v) is 2.62. The van der Waals surface area contributed by atoms with Crippen molar-refractivity contribution in [1.82, 2.24) is 0 Å². The largest absolute Gasteiger partial charge is 0.493 e. The van der Waals surface area contributed by atoms with Gasteiger partial charge in [0.15, 0.2) is 11.5 Å². The van der Waals surface area contributed by atoms with Gasteiger partial charge in [-0.3, -0.25) is 4.79 Å². The summed E-state index contributed by atoms with van der Waals surface area (Å²) in [6.45, 7) is 3.92. The predicted molar refractivity (Wildman–Crippen MR) is 105 cm³/mol. The summed E-state index contributed by atoms with van der Waals surface area (Å²) in [6.07, 6.45) is 0.834. The van der Waals surface area contributed by atoms with Crippen molar-refractivity contribution < 1.29 is 28.8 Å². The van der Waals surface area contributed by atoms with E-state index in [1.54, 1.807) is 28.4 Å². The van der Waals surface area contributed by atoms with E-state index in [0.717, 1.165) is 11.1 Å². The molecule has 2 aromatic rings. The summed E-state index contributed by atoms with van der Waals surface area (Å²) in [6, 6.07) is 9.77. The number of ether oxygens (including phenoxy) is 4. The van der Waals surface area contributed by atoms with E-state index in [2.05, 4.69) is 0 Å². The van der Waals surface area contributed by atoms with Crippen molar-refractivity contribution in [3.8, 4) is 23.0 Å². The Morgan fingerprint density at radius 3 is 2.00 bits per heavy atom. The lowest BCUT2D eigenvalue weighted by Crippen LogP contribution is -1.99. The Labute approximate surface area is 160 Å². The highest BCUT2D eigenvalue weighted by Crippen LogP contribution is 2.46. The first kappa shape index (κ1) is 22.2. The summed E-state index contributed by atoms with van der Waals surface area (Å²) >= 11 is 0. The Bertz CT molecular complexity index is 755. The van der Waals surface area contributed by atoms with Gasteiger partial charge >= 0.3 is 5.97 Å². The number of carbonyl (C=O) groups is 1. The molecule has 27 heavy (non-hydrogen) atoms. The third kappa shape index (κ3) is 6.40. The molecule has 0 saturated heterocycles. The van der Waals surface area contributed by atoms with Crippen molar-refractivity contribution in [2.75, 3.05) is 28.4 Å². The Kier molecular flexibility index (Phi) is 8.99. The molecule has 0 spiro atoms. The molecule has 6 heteroatoms. The molecule has 6 nitrogen and oxygen atoms in total. The second kappa shape index (κ2) is 11.0. The van der Waals surface area contributed by atoms with E-state index in [1.165, 1.54) is 5.56 Å². The monoisotopic (exact) mass is 376 g/mol. The maximum atomic E-state index is 10.3. The molecule has 0 radical (unpaired) electrons. The fourth-order valence-electron chi connectivity index (χ4n) is 2.62. The van der Waals surface area contributed by atoms with Crippen LogP contribution in [0.15, 0.2) is 30.3 Å². The van der Waals surface area contributed by atoms with Gasteiger partial charge in [-0.15, -0.1) is 0 Å². The van der Waals surface area contributed by atoms with E-state index in [4.69, 9.17) is 24.1 Å². The molecule has 2 rings (SSSR count). The van der Waals surface area contributed by atoms with E-state index in [-0.39, 0.29) is 6.42 Å². The molecule has 0 amide bonds. The number of hydrogen-bond acceptors (Lipinski definition) is 5. The molecule has 0 fully saturated rings. The van der Waals surface area contributed by atoms with Crippen LogP contribution in [0.2, 0.25) is 0 Å². The number of carboxylic acid groups (broad SMARTS) is 1. The van der Waals surface area contributed by atoms with E-state index in [1.807, 2.05) is 44.2 Å². The van der Waals surface area contributed by atoms with Crippen molar-refractivity contribution in [2.24, 2.45) is 0 Å². The standard InChI is InChI=1S/C11H16O4.C10H12O2/c1-7-6-8(12-2)10(14-4)11(15-5)9(7)13-3;1-8-3-2-4-9(7-8)5-6-10(11)12/h6H,1-5H3;2-4,7H,5-6H2,1H3,(H,11,12). The second-order valence-corrected chi connectivity index (χ2v) is 5.88. The SMILES string of the molecule is COc1cc(C)c(OC)c(OC)c1OC.Cc1cccc(CCC(=O)O)c1. The van der Waals surface area contributed by atoms with Gasteiger partial charge in [-0.05, 0) is 37.5 Å². The van der Waals surface area contributed by atoms with Crippen LogP contribution in [-0.2, 0) is 11.2 Å². The van der Waals surface area contributed by atoms with Gasteiger partial charge in [0, 0.05) is 6.42 Å². The lowest BCUT2D eigenvalue weighted by Gasteiger charge is -2.16. The van der Waals surface area contributed by atoms with Crippen LogP contribution in [0.4, 0.5) is 0 Å². The van der Waals surface area contributed by atoms with Gasteiger partial charge < -0.3 is 24.1 Å². The van der Waals surface area contributed by atoms with Gasteiger partial charge in [-0.25, -0.2) is 0 Å². The zero-order valence-electron chi connectivity index (χ0n) is 16.8. The average Bonchev–Trinajstić information content (AvgIpc) is 2.65. The first-order chi connectivity index (χ1) is 12.9. The molecule has 0 unspecified atom stereocenters. The third-order valence-corrected chi connectivity index (χ3v) is 3.88. The molecule has 0 saturated carbocycles. The van der Waals surface area contributed by atoms with Gasteiger partial charge in [0.05, 0.1) is 28.4 Å². The number of aliphatic carboxylic acids is 1. The number of methoxy groups -OCH3 is 4. The van der Waals surface area contributed by atoms with Crippen molar-refractivity contribution in [3.63, 3.8) is 0 Å². The van der Waals surface area contributed by atoms with Gasteiger partial charge in [0.2, 0.25) is 11.5 Å². The maximum Gasteiger partial charge on any atom is 0.303 e. The summed E-state index contributed by atoms with van der Waals surface area (Å²) in [5, 5.41) is 8.44. The van der Waals surface area contributed by atoms with E-state index < -0.39 is 5.97 Å². The van der Waals surface area contributed by atoms with Crippen LogP contribution in [0.3, 0.4) is 0 Å². The molecule has 1 N–H and O–H groups in total. The molecular weight excluding hydrogens is 348 g/mol. The molecule has 0 aliphatic heterocycles. The number of benzene rings is 2. The minimum atomic E-state index is -0.739.